The van der Waals surface area contributed by atoms with E-state index >= 15 is 0 Å². The van der Waals surface area contributed by atoms with Crippen molar-refractivity contribution in [1.29, 1.82) is 0 Å². The van der Waals surface area contributed by atoms with Crippen molar-refractivity contribution in [3.63, 3.8) is 0 Å². The summed E-state index contributed by atoms with van der Waals surface area (Å²) in [6.07, 6.45) is 0. The summed E-state index contributed by atoms with van der Waals surface area (Å²) in [6.45, 7) is 8.63. The molecule has 0 radical (unpaired) electrons. The number of benzene rings is 1. The molecule has 0 saturated carbocycles. The zero-order chi connectivity index (χ0) is 9.64. The topological polar surface area (TPSA) is 26.3 Å². The van der Waals surface area contributed by atoms with Crippen LogP contribution in [0.15, 0.2) is 21.3 Å². The highest BCUT2D eigenvalue weighted by Gasteiger charge is 2.24. The average Bonchev–Trinajstić information content (AvgIpc) is 1.93. The highest BCUT2D eigenvalue weighted by molar-refractivity contribution is 5.77. The predicted octanol–water partition coefficient (Wildman–Crippen LogP) is 3.63. The van der Waals surface area contributed by atoms with Gasteiger partial charge in [0.05, 0.1) is 0 Å². The van der Waals surface area contributed by atoms with Gasteiger partial charge < -0.3 is 0 Å². The maximum Gasteiger partial charge on any atom is 0.229 e. The van der Waals surface area contributed by atoms with E-state index in [-0.39, 0.29) is 5.41 Å². The van der Waals surface area contributed by atoms with Crippen LogP contribution in [0.4, 0.5) is 0 Å². The highest BCUT2D eigenvalue weighted by Crippen LogP contribution is 2.34. The molecule has 0 unspecified atom stereocenters. The molecule has 1 heterocycles. The molecule has 0 bridgehead atoms. The molecule has 0 fully saturated rings. The van der Waals surface area contributed by atoms with Crippen molar-refractivity contribution in [2.75, 3.05) is 0 Å². The highest BCUT2D eigenvalue weighted by atomic mass is 17.0. The molecule has 2 heteroatoms. The molecule has 13 heavy (non-hydrogen) atoms. The number of fused-ring (bicyclic) bond motifs is 1. The largest absolute Gasteiger partial charge is 0.286 e. The van der Waals surface area contributed by atoms with Crippen molar-refractivity contribution >= 4 is 11.2 Å². The maximum atomic E-state index is 5.01. The van der Waals surface area contributed by atoms with Gasteiger partial charge in [0.15, 0.2) is 0 Å². The fourth-order valence-corrected chi connectivity index (χ4v) is 1.79. The van der Waals surface area contributed by atoms with Crippen LogP contribution in [0, 0.1) is 6.92 Å². The Morgan fingerprint density at radius 1 is 1.08 bits per heavy atom. The van der Waals surface area contributed by atoms with Gasteiger partial charge in [-0.25, -0.2) is 0 Å². The van der Waals surface area contributed by atoms with E-state index in [4.69, 9.17) is 9.15 Å². The summed E-state index contributed by atoms with van der Waals surface area (Å²) in [5, 5.41) is 0. The van der Waals surface area contributed by atoms with Gasteiger partial charge in [-0.15, -0.1) is 0 Å². The van der Waals surface area contributed by atoms with Gasteiger partial charge in [0, 0.05) is 5.56 Å². The summed E-state index contributed by atoms with van der Waals surface area (Å²) in [5.41, 5.74) is 4.38. The monoisotopic (exact) mass is 178 g/mol. The van der Waals surface area contributed by atoms with Gasteiger partial charge in [0.2, 0.25) is 11.2 Å². The van der Waals surface area contributed by atoms with Crippen LogP contribution in [0.3, 0.4) is 0 Å². The summed E-state index contributed by atoms with van der Waals surface area (Å²) in [5.74, 6) is 0. The molecule has 2 aromatic rings. The molecule has 70 valence electrons. The van der Waals surface area contributed by atoms with Gasteiger partial charge in [-0.1, -0.05) is 26.8 Å². The van der Waals surface area contributed by atoms with Crippen LogP contribution < -0.4 is 0 Å². The van der Waals surface area contributed by atoms with Crippen molar-refractivity contribution in [1.82, 2.24) is 0 Å². The quantitative estimate of drug-likeness (QED) is 0.576. The Morgan fingerprint density at radius 2 is 1.77 bits per heavy atom. The molecule has 0 saturated heterocycles. The Hall–Kier alpha value is -1.18. The molecule has 0 amide bonds. The smallest absolute Gasteiger partial charge is 0.229 e. The van der Waals surface area contributed by atoms with Gasteiger partial charge in [0.1, 0.15) is 0 Å². The van der Waals surface area contributed by atoms with Crippen molar-refractivity contribution in [2.45, 2.75) is 33.1 Å². The summed E-state index contributed by atoms with van der Waals surface area (Å²) < 4.78 is 9.88. The lowest BCUT2D eigenvalue weighted by atomic mass is 9.83. The van der Waals surface area contributed by atoms with Gasteiger partial charge in [0.25, 0.3) is 0 Å². The molecule has 0 aliphatic carbocycles. The predicted molar refractivity (Wildman–Crippen MR) is 51.9 cm³/mol. The molecule has 1 aromatic carbocycles. The third-order valence-corrected chi connectivity index (χ3v) is 2.29. The number of hydrogen-bond donors (Lipinski definition) is 0. The first-order valence-electron chi connectivity index (χ1n) is 4.49. The van der Waals surface area contributed by atoms with Crippen LogP contribution in [-0.2, 0) is 5.41 Å². The lowest BCUT2D eigenvalue weighted by Gasteiger charge is -2.22. The Bertz CT molecular complexity index is 426. The van der Waals surface area contributed by atoms with Crippen molar-refractivity contribution < 1.29 is 9.15 Å². The molecular weight excluding hydrogens is 164 g/mol. The third kappa shape index (κ3) is 1.17. The van der Waals surface area contributed by atoms with E-state index in [2.05, 4.69) is 33.8 Å². The minimum absolute atomic E-state index is 0.110. The van der Waals surface area contributed by atoms with Crippen molar-refractivity contribution in [3.05, 3.63) is 23.3 Å². The van der Waals surface area contributed by atoms with Gasteiger partial charge >= 0.3 is 0 Å². The minimum atomic E-state index is 0.110. The van der Waals surface area contributed by atoms with E-state index in [9.17, 15) is 0 Å². The standard InChI is InChI=1S/C11H14O2/c1-7-5-6-8-10(13-12-8)9(7)11(2,3)4/h5-6H,1-4H3. The summed E-state index contributed by atoms with van der Waals surface area (Å²) in [4.78, 5) is 0. The molecule has 2 nitrogen and oxygen atoms in total. The van der Waals surface area contributed by atoms with E-state index in [1.54, 1.807) is 0 Å². The van der Waals surface area contributed by atoms with Crippen molar-refractivity contribution in [2.24, 2.45) is 0 Å². The van der Waals surface area contributed by atoms with Crippen LogP contribution in [-0.4, -0.2) is 0 Å². The number of aryl methyl sites for hydroxylation is 1. The molecule has 0 N–H and O–H groups in total. The van der Waals surface area contributed by atoms with Crippen LogP contribution in [0.25, 0.3) is 11.2 Å². The van der Waals surface area contributed by atoms with Crippen LogP contribution in [0.5, 0.6) is 0 Å². The third-order valence-electron chi connectivity index (χ3n) is 2.29. The molecule has 0 spiro atoms. The van der Waals surface area contributed by atoms with Crippen LogP contribution in [0.1, 0.15) is 31.9 Å². The first kappa shape index (κ1) is 8.42. The zero-order valence-corrected chi connectivity index (χ0v) is 8.47. The lowest BCUT2D eigenvalue weighted by molar-refractivity contribution is 0.0571. The first-order valence-corrected chi connectivity index (χ1v) is 4.49. The summed E-state index contributed by atoms with van der Waals surface area (Å²) in [6, 6.07) is 4.02. The van der Waals surface area contributed by atoms with Gasteiger partial charge in [-0.2, -0.15) is 0 Å². The lowest BCUT2D eigenvalue weighted by Crippen LogP contribution is -2.14. The second-order valence-corrected chi connectivity index (χ2v) is 4.50. The van der Waals surface area contributed by atoms with Crippen molar-refractivity contribution in [3.8, 4) is 0 Å². The Morgan fingerprint density at radius 3 is 2.15 bits per heavy atom. The van der Waals surface area contributed by atoms with E-state index in [1.807, 2.05) is 6.07 Å². The molecule has 0 atom stereocenters. The Labute approximate surface area is 77.5 Å². The molecular formula is C11H14O2. The van der Waals surface area contributed by atoms with E-state index < -0.39 is 0 Å². The first-order chi connectivity index (χ1) is 6.00. The van der Waals surface area contributed by atoms with E-state index in [0.29, 0.717) is 0 Å². The second-order valence-electron chi connectivity index (χ2n) is 4.50. The normalized spacial score (nSPS) is 12.6. The number of hydrogen-bond acceptors (Lipinski definition) is 2. The Kier molecular flexibility index (Phi) is 1.56. The number of rotatable bonds is 0. The minimum Gasteiger partial charge on any atom is -0.286 e. The zero-order valence-electron chi connectivity index (χ0n) is 8.47. The summed E-state index contributed by atoms with van der Waals surface area (Å²) >= 11 is 0. The van der Waals surface area contributed by atoms with Crippen LogP contribution in [0.2, 0.25) is 0 Å². The fraction of sp³-hybridized carbons (Fsp3) is 0.455. The average molecular weight is 178 g/mol. The van der Waals surface area contributed by atoms with E-state index in [1.165, 1.54) is 11.1 Å². The SMILES string of the molecule is Cc1ccc2ooc2c1C(C)(C)C. The fourth-order valence-electron chi connectivity index (χ4n) is 1.79. The van der Waals surface area contributed by atoms with E-state index in [0.717, 1.165) is 11.2 Å². The Balaban J connectivity index is 2.73. The summed E-state index contributed by atoms with van der Waals surface area (Å²) in [7, 11) is 0. The maximum absolute atomic E-state index is 5.01. The molecule has 0 aliphatic heterocycles. The van der Waals surface area contributed by atoms with Crippen LogP contribution >= 0.6 is 0 Å². The molecule has 2 rings (SSSR count). The van der Waals surface area contributed by atoms with Gasteiger partial charge in [-0.05, 0) is 24.0 Å². The molecule has 0 aliphatic rings. The van der Waals surface area contributed by atoms with Gasteiger partial charge in [-0.3, -0.25) is 9.15 Å². The second kappa shape index (κ2) is 2.41. The molecule has 1 aromatic heterocycles.